The van der Waals surface area contributed by atoms with Crippen LogP contribution >= 0.6 is 23.2 Å². The Morgan fingerprint density at radius 3 is 2.21 bits per heavy atom. The number of non-ortho nitro benzene ring substituents is 1. The van der Waals surface area contributed by atoms with Crippen LogP contribution in [-0.2, 0) is 16.4 Å². The van der Waals surface area contributed by atoms with E-state index in [2.05, 4.69) is 5.32 Å². The Morgan fingerprint density at radius 2 is 1.75 bits per heavy atom. The number of nitrogens with zero attached hydrogens (tertiary/aromatic N) is 1. The van der Waals surface area contributed by atoms with Crippen LogP contribution in [0.5, 0.6) is 0 Å². The summed E-state index contributed by atoms with van der Waals surface area (Å²) in [7, 11) is -3.27. The van der Waals surface area contributed by atoms with Crippen LogP contribution in [0.3, 0.4) is 0 Å². The zero-order valence-electron chi connectivity index (χ0n) is 12.8. The second-order valence-electron chi connectivity index (χ2n) is 5.27. The lowest BCUT2D eigenvalue weighted by Crippen LogP contribution is -2.04. The Morgan fingerprint density at radius 1 is 1.17 bits per heavy atom. The van der Waals surface area contributed by atoms with E-state index < -0.39 is 14.8 Å². The third-order valence-electron chi connectivity index (χ3n) is 3.35. The molecular weight excluding hydrogens is 375 g/mol. The van der Waals surface area contributed by atoms with Crippen molar-refractivity contribution in [1.29, 1.82) is 0 Å². The minimum absolute atomic E-state index is 0.138. The van der Waals surface area contributed by atoms with Gasteiger partial charge in [0.15, 0.2) is 9.84 Å². The molecule has 24 heavy (non-hydrogen) atoms. The molecule has 0 aliphatic carbocycles. The highest BCUT2D eigenvalue weighted by molar-refractivity contribution is 7.90. The molecule has 128 valence electrons. The second-order valence-corrected chi connectivity index (χ2v) is 8.07. The van der Waals surface area contributed by atoms with Gasteiger partial charge in [0.25, 0.3) is 5.69 Å². The quantitative estimate of drug-likeness (QED) is 0.611. The van der Waals surface area contributed by atoms with E-state index in [0.717, 1.165) is 11.8 Å². The molecule has 6 nitrogen and oxygen atoms in total. The molecule has 0 aliphatic heterocycles. The van der Waals surface area contributed by atoms with Crippen LogP contribution in [-0.4, -0.2) is 19.6 Å². The van der Waals surface area contributed by atoms with Crippen LogP contribution in [0.15, 0.2) is 35.2 Å². The highest BCUT2D eigenvalue weighted by Gasteiger charge is 2.15. The number of halogens is 2. The van der Waals surface area contributed by atoms with Crippen molar-refractivity contribution in [2.45, 2.75) is 18.4 Å². The van der Waals surface area contributed by atoms with E-state index in [-0.39, 0.29) is 20.6 Å². The van der Waals surface area contributed by atoms with Gasteiger partial charge >= 0.3 is 0 Å². The summed E-state index contributed by atoms with van der Waals surface area (Å²) in [6.07, 6.45) is 1.16. The lowest BCUT2D eigenvalue weighted by atomic mass is 10.1. The number of hydrogen-bond donors (Lipinski definition) is 1. The van der Waals surface area contributed by atoms with Gasteiger partial charge < -0.3 is 5.32 Å². The van der Waals surface area contributed by atoms with E-state index in [1.165, 1.54) is 12.1 Å². The number of sulfone groups is 1. The molecule has 0 radical (unpaired) electrons. The minimum atomic E-state index is -3.27. The maximum Gasteiger partial charge on any atom is 0.272 e. The molecule has 0 aliphatic rings. The summed E-state index contributed by atoms with van der Waals surface area (Å²) >= 11 is 12.1. The molecule has 2 rings (SSSR count). The van der Waals surface area contributed by atoms with Gasteiger partial charge in [0.2, 0.25) is 0 Å². The largest absolute Gasteiger partial charge is 0.379 e. The minimum Gasteiger partial charge on any atom is -0.379 e. The van der Waals surface area contributed by atoms with Gasteiger partial charge in [0.05, 0.1) is 25.6 Å². The Balaban J connectivity index is 2.23. The molecule has 0 aromatic heterocycles. The molecule has 0 bridgehead atoms. The van der Waals surface area contributed by atoms with Crippen LogP contribution in [0, 0.1) is 17.0 Å². The molecule has 0 atom stereocenters. The monoisotopic (exact) mass is 388 g/mol. The predicted octanol–water partition coefficient (Wildman–Crippen LogP) is 4.23. The normalized spacial score (nSPS) is 11.3. The van der Waals surface area contributed by atoms with Crippen molar-refractivity contribution in [3.63, 3.8) is 0 Å². The van der Waals surface area contributed by atoms with Crippen LogP contribution in [0.1, 0.15) is 11.1 Å². The molecule has 0 unspecified atom stereocenters. The average molecular weight is 389 g/mol. The third kappa shape index (κ3) is 4.17. The number of nitro benzene ring substituents is 1. The first kappa shape index (κ1) is 18.5. The van der Waals surface area contributed by atoms with Crippen LogP contribution in [0.4, 0.5) is 11.4 Å². The van der Waals surface area contributed by atoms with Gasteiger partial charge in [-0.25, -0.2) is 8.42 Å². The number of anilines is 1. The molecular formula is C15H14Cl2N2O4S. The van der Waals surface area contributed by atoms with E-state index in [4.69, 9.17) is 23.2 Å². The van der Waals surface area contributed by atoms with Crippen LogP contribution in [0.2, 0.25) is 10.0 Å². The molecule has 0 fully saturated rings. The summed E-state index contributed by atoms with van der Waals surface area (Å²) in [5.74, 6) is 0. The van der Waals surface area contributed by atoms with E-state index in [9.17, 15) is 18.5 Å². The van der Waals surface area contributed by atoms with Crippen molar-refractivity contribution in [1.82, 2.24) is 0 Å². The van der Waals surface area contributed by atoms with Gasteiger partial charge in [-0.05, 0) is 24.1 Å². The van der Waals surface area contributed by atoms with Crippen molar-refractivity contribution in [2.24, 2.45) is 0 Å². The van der Waals surface area contributed by atoms with Crippen molar-refractivity contribution >= 4 is 44.4 Å². The molecule has 2 aromatic carbocycles. The van der Waals surface area contributed by atoms with E-state index in [0.29, 0.717) is 17.8 Å². The van der Waals surface area contributed by atoms with Crippen molar-refractivity contribution in [2.75, 3.05) is 11.6 Å². The molecule has 0 amide bonds. The lowest BCUT2D eigenvalue weighted by Gasteiger charge is -2.12. The number of nitro groups is 1. The Hall–Kier alpha value is -1.83. The van der Waals surface area contributed by atoms with Gasteiger partial charge in [-0.15, -0.1) is 0 Å². The van der Waals surface area contributed by atoms with Crippen LogP contribution < -0.4 is 5.32 Å². The zero-order chi connectivity index (χ0) is 18.1. The summed E-state index contributed by atoms with van der Waals surface area (Å²) in [6, 6.07) is 7.41. The first-order valence-corrected chi connectivity index (χ1v) is 9.41. The summed E-state index contributed by atoms with van der Waals surface area (Å²) in [4.78, 5) is 10.5. The topological polar surface area (TPSA) is 89.3 Å². The van der Waals surface area contributed by atoms with Gasteiger partial charge in [0.1, 0.15) is 0 Å². The van der Waals surface area contributed by atoms with E-state index in [1.54, 1.807) is 25.1 Å². The molecule has 2 aromatic rings. The molecule has 1 N–H and O–H groups in total. The molecule has 0 spiro atoms. The smallest absolute Gasteiger partial charge is 0.272 e. The standard InChI is InChI=1S/C15H14Cl2N2O4S/c1-9-5-10(3-4-14(9)24(2,22)23)8-18-15-12(16)6-11(19(20)21)7-13(15)17/h3-7,18H,8H2,1-2H3. The Kier molecular flexibility index (Phi) is 5.37. The van der Waals surface area contributed by atoms with Crippen molar-refractivity contribution in [3.05, 3.63) is 61.6 Å². The third-order valence-corrected chi connectivity index (χ3v) is 5.20. The Labute approximate surface area is 149 Å². The number of aryl methyl sites for hydroxylation is 1. The number of nitrogens with one attached hydrogen (secondary N) is 1. The van der Waals surface area contributed by atoms with Gasteiger partial charge in [-0.2, -0.15) is 0 Å². The fourth-order valence-electron chi connectivity index (χ4n) is 2.26. The summed E-state index contributed by atoms with van der Waals surface area (Å²) in [5, 5.41) is 14.1. The first-order valence-electron chi connectivity index (χ1n) is 6.76. The van der Waals surface area contributed by atoms with Gasteiger partial charge in [-0.3, -0.25) is 10.1 Å². The fraction of sp³-hybridized carbons (Fsp3) is 0.200. The SMILES string of the molecule is Cc1cc(CNc2c(Cl)cc([N+](=O)[O-])cc2Cl)ccc1S(C)(=O)=O. The molecule has 9 heteroatoms. The zero-order valence-corrected chi connectivity index (χ0v) is 15.2. The number of hydrogen-bond acceptors (Lipinski definition) is 5. The Bertz CT molecular complexity index is 891. The van der Waals surface area contributed by atoms with Gasteiger partial charge in [-0.1, -0.05) is 35.3 Å². The molecule has 0 saturated carbocycles. The fourth-order valence-corrected chi connectivity index (χ4v) is 3.83. The van der Waals surface area contributed by atoms with Crippen molar-refractivity contribution < 1.29 is 13.3 Å². The highest BCUT2D eigenvalue weighted by Crippen LogP contribution is 2.35. The summed E-state index contributed by atoms with van der Waals surface area (Å²) < 4.78 is 23.2. The van der Waals surface area contributed by atoms with Crippen LogP contribution in [0.25, 0.3) is 0 Å². The lowest BCUT2D eigenvalue weighted by molar-refractivity contribution is -0.384. The maximum absolute atomic E-state index is 11.6. The summed E-state index contributed by atoms with van der Waals surface area (Å²) in [5.41, 5.74) is 1.65. The second kappa shape index (κ2) is 6.96. The predicted molar refractivity (Wildman–Crippen MR) is 94.7 cm³/mol. The highest BCUT2D eigenvalue weighted by atomic mass is 35.5. The number of rotatable bonds is 5. The number of benzene rings is 2. The molecule has 0 heterocycles. The van der Waals surface area contributed by atoms with Gasteiger partial charge in [0, 0.05) is 24.9 Å². The van der Waals surface area contributed by atoms with E-state index >= 15 is 0 Å². The molecule has 0 saturated heterocycles. The average Bonchev–Trinajstić information content (AvgIpc) is 2.44. The van der Waals surface area contributed by atoms with Crippen molar-refractivity contribution in [3.8, 4) is 0 Å². The first-order chi connectivity index (χ1) is 11.1. The maximum atomic E-state index is 11.6. The van der Waals surface area contributed by atoms with E-state index in [1.807, 2.05) is 0 Å². The summed E-state index contributed by atoms with van der Waals surface area (Å²) in [6.45, 7) is 2.05.